The predicted molar refractivity (Wildman–Crippen MR) is 104 cm³/mol. The number of carbonyl (C=O) groups excluding carboxylic acids is 1. The number of amides is 1. The number of rotatable bonds is 7. The maximum Gasteiger partial charge on any atom is 0.261 e. The zero-order valence-electron chi connectivity index (χ0n) is 14.7. The highest BCUT2D eigenvalue weighted by atomic mass is 32.1. The maximum absolute atomic E-state index is 11.7. The molecule has 2 N–H and O–H groups in total. The number of anilines is 1. The normalized spacial score (nSPS) is 10.4. The first-order valence-electron chi connectivity index (χ1n) is 8.21. The Labute approximate surface area is 156 Å². The number of para-hydroxylation sites is 1. The summed E-state index contributed by atoms with van der Waals surface area (Å²) in [5.74, 6) is 1.54. The molecule has 0 saturated carbocycles. The lowest BCUT2D eigenvalue weighted by atomic mass is 10.1. The fourth-order valence-electron chi connectivity index (χ4n) is 2.54. The van der Waals surface area contributed by atoms with E-state index in [1.165, 1.54) is 17.7 Å². The lowest BCUT2D eigenvalue weighted by Gasteiger charge is -2.09. The summed E-state index contributed by atoms with van der Waals surface area (Å²) >= 11 is 1.41. The van der Waals surface area contributed by atoms with Crippen molar-refractivity contribution in [2.45, 2.75) is 6.42 Å². The molecule has 0 saturated heterocycles. The summed E-state index contributed by atoms with van der Waals surface area (Å²) in [6.45, 7) is 0.727. The van der Waals surface area contributed by atoms with Gasteiger partial charge in [-0.15, -0.1) is 11.3 Å². The van der Waals surface area contributed by atoms with Crippen molar-refractivity contribution < 1.29 is 9.53 Å². The SMILES string of the molecule is CNC(=O)c1ccc(-c2cc(NCCc3ccccc3OC)ncn2)s1. The minimum absolute atomic E-state index is 0.0922. The number of aromatic nitrogens is 2. The number of ether oxygens (including phenoxy) is 1. The van der Waals surface area contributed by atoms with Gasteiger partial charge < -0.3 is 15.4 Å². The summed E-state index contributed by atoms with van der Waals surface area (Å²) in [7, 11) is 3.30. The second kappa shape index (κ2) is 8.44. The minimum Gasteiger partial charge on any atom is -0.496 e. The second-order valence-electron chi connectivity index (χ2n) is 5.52. The molecule has 0 atom stereocenters. The smallest absolute Gasteiger partial charge is 0.261 e. The highest BCUT2D eigenvalue weighted by Gasteiger charge is 2.10. The van der Waals surface area contributed by atoms with Crippen molar-refractivity contribution in [3.8, 4) is 16.3 Å². The van der Waals surface area contributed by atoms with Crippen LogP contribution >= 0.6 is 11.3 Å². The highest BCUT2D eigenvalue weighted by molar-refractivity contribution is 7.17. The van der Waals surface area contributed by atoms with Crippen LogP contribution in [-0.4, -0.2) is 36.6 Å². The Morgan fingerprint density at radius 1 is 1.19 bits per heavy atom. The minimum atomic E-state index is -0.0922. The van der Waals surface area contributed by atoms with Crippen LogP contribution in [0.4, 0.5) is 5.82 Å². The van der Waals surface area contributed by atoms with E-state index in [2.05, 4.69) is 26.7 Å². The van der Waals surface area contributed by atoms with Gasteiger partial charge in [-0.25, -0.2) is 9.97 Å². The Morgan fingerprint density at radius 3 is 2.85 bits per heavy atom. The number of thiophene rings is 1. The van der Waals surface area contributed by atoms with Crippen LogP contribution in [0.5, 0.6) is 5.75 Å². The predicted octanol–water partition coefficient (Wildman–Crippen LogP) is 3.23. The topological polar surface area (TPSA) is 76.1 Å². The Morgan fingerprint density at radius 2 is 2.04 bits per heavy atom. The monoisotopic (exact) mass is 368 g/mol. The first-order chi connectivity index (χ1) is 12.7. The summed E-state index contributed by atoms with van der Waals surface area (Å²) in [4.78, 5) is 21.9. The maximum atomic E-state index is 11.7. The van der Waals surface area contributed by atoms with E-state index >= 15 is 0 Å². The van der Waals surface area contributed by atoms with Crippen molar-refractivity contribution in [2.24, 2.45) is 0 Å². The van der Waals surface area contributed by atoms with Crippen molar-refractivity contribution >= 4 is 23.1 Å². The van der Waals surface area contributed by atoms with Gasteiger partial charge in [0.15, 0.2) is 0 Å². The van der Waals surface area contributed by atoms with Crippen LogP contribution in [0.15, 0.2) is 48.8 Å². The van der Waals surface area contributed by atoms with Crippen molar-refractivity contribution in [1.82, 2.24) is 15.3 Å². The molecule has 2 aromatic heterocycles. The van der Waals surface area contributed by atoms with E-state index in [1.54, 1.807) is 20.2 Å². The van der Waals surface area contributed by atoms with Crippen LogP contribution in [0.3, 0.4) is 0 Å². The molecule has 0 spiro atoms. The fraction of sp³-hybridized carbons (Fsp3) is 0.211. The first kappa shape index (κ1) is 17.9. The van der Waals surface area contributed by atoms with Crippen LogP contribution < -0.4 is 15.4 Å². The molecular weight excluding hydrogens is 348 g/mol. The molecule has 3 rings (SSSR count). The second-order valence-corrected chi connectivity index (χ2v) is 6.60. The number of benzene rings is 1. The molecule has 2 heterocycles. The number of carbonyl (C=O) groups is 1. The quantitative estimate of drug-likeness (QED) is 0.670. The van der Waals surface area contributed by atoms with Gasteiger partial charge in [0.05, 0.1) is 22.6 Å². The Hall–Kier alpha value is -2.93. The third-order valence-corrected chi connectivity index (χ3v) is 4.98. The van der Waals surface area contributed by atoms with E-state index in [1.807, 2.05) is 30.3 Å². The molecule has 0 radical (unpaired) electrons. The standard InChI is InChI=1S/C19H20N4O2S/c1-20-19(24)17-8-7-16(26-17)14-11-18(23-12-22-14)21-10-9-13-5-3-4-6-15(13)25-2/h3-8,11-12H,9-10H2,1-2H3,(H,20,24)(H,21,22,23). The number of hydrogen-bond donors (Lipinski definition) is 2. The summed E-state index contributed by atoms with van der Waals surface area (Å²) < 4.78 is 5.37. The molecule has 0 bridgehead atoms. The van der Waals surface area contributed by atoms with Crippen LogP contribution in [0.2, 0.25) is 0 Å². The highest BCUT2D eigenvalue weighted by Crippen LogP contribution is 2.27. The van der Waals surface area contributed by atoms with Crippen molar-refractivity contribution in [3.63, 3.8) is 0 Å². The van der Waals surface area contributed by atoms with Crippen LogP contribution in [-0.2, 0) is 6.42 Å². The van der Waals surface area contributed by atoms with Crippen LogP contribution in [0.1, 0.15) is 15.2 Å². The lowest BCUT2D eigenvalue weighted by Crippen LogP contribution is -2.15. The van der Waals surface area contributed by atoms with Gasteiger partial charge in [0.2, 0.25) is 0 Å². The Bertz CT molecular complexity index is 895. The lowest BCUT2D eigenvalue weighted by molar-refractivity contribution is 0.0967. The van der Waals surface area contributed by atoms with E-state index < -0.39 is 0 Å². The number of nitrogens with zero attached hydrogens (tertiary/aromatic N) is 2. The average Bonchev–Trinajstić information content (AvgIpc) is 3.18. The largest absolute Gasteiger partial charge is 0.496 e. The first-order valence-corrected chi connectivity index (χ1v) is 9.03. The van der Waals surface area contributed by atoms with Gasteiger partial charge in [-0.3, -0.25) is 4.79 Å². The number of hydrogen-bond acceptors (Lipinski definition) is 6. The number of nitrogens with one attached hydrogen (secondary N) is 2. The van der Waals surface area contributed by atoms with Crippen molar-refractivity contribution in [2.75, 3.05) is 26.0 Å². The van der Waals surface area contributed by atoms with Gasteiger partial charge in [-0.1, -0.05) is 18.2 Å². The molecule has 0 aliphatic carbocycles. The zero-order chi connectivity index (χ0) is 18.4. The molecule has 6 nitrogen and oxygen atoms in total. The zero-order valence-corrected chi connectivity index (χ0v) is 15.5. The Balaban J connectivity index is 1.66. The van der Waals surface area contributed by atoms with Gasteiger partial charge in [-0.05, 0) is 30.2 Å². The molecule has 1 aromatic carbocycles. The molecule has 1 amide bonds. The molecule has 0 aliphatic heterocycles. The molecule has 0 fully saturated rings. The average molecular weight is 368 g/mol. The van der Waals surface area contributed by atoms with Gasteiger partial charge in [0, 0.05) is 19.7 Å². The van der Waals surface area contributed by atoms with Gasteiger partial charge in [-0.2, -0.15) is 0 Å². The van der Waals surface area contributed by atoms with E-state index in [9.17, 15) is 4.79 Å². The fourth-order valence-corrected chi connectivity index (χ4v) is 3.46. The number of methoxy groups -OCH3 is 1. The molecular formula is C19H20N4O2S. The van der Waals surface area contributed by atoms with E-state index in [-0.39, 0.29) is 5.91 Å². The van der Waals surface area contributed by atoms with E-state index in [4.69, 9.17) is 4.74 Å². The summed E-state index contributed by atoms with van der Waals surface area (Å²) in [6.07, 6.45) is 2.35. The van der Waals surface area contributed by atoms with Gasteiger partial charge >= 0.3 is 0 Å². The summed E-state index contributed by atoms with van der Waals surface area (Å²) in [5.41, 5.74) is 1.94. The van der Waals surface area contributed by atoms with E-state index in [0.717, 1.165) is 40.7 Å². The molecule has 0 unspecified atom stereocenters. The molecule has 0 aliphatic rings. The molecule has 134 valence electrons. The molecule has 26 heavy (non-hydrogen) atoms. The van der Waals surface area contributed by atoms with Crippen LogP contribution in [0.25, 0.3) is 10.6 Å². The summed E-state index contributed by atoms with van der Waals surface area (Å²) in [5, 5.41) is 5.94. The van der Waals surface area contributed by atoms with Gasteiger partial charge in [0.25, 0.3) is 5.91 Å². The Kier molecular flexibility index (Phi) is 5.80. The van der Waals surface area contributed by atoms with Crippen molar-refractivity contribution in [3.05, 3.63) is 59.2 Å². The van der Waals surface area contributed by atoms with E-state index in [0.29, 0.717) is 4.88 Å². The van der Waals surface area contributed by atoms with Crippen molar-refractivity contribution in [1.29, 1.82) is 0 Å². The summed E-state index contributed by atoms with van der Waals surface area (Å²) in [6, 6.07) is 13.6. The van der Waals surface area contributed by atoms with Gasteiger partial charge in [0.1, 0.15) is 17.9 Å². The molecule has 3 aromatic rings. The third-order valence-electron chi connectivity index (χ3n) is 3.87. The molecule has 7 heteroatoms. The third kappa shape index (κ3) is 4.18. The van der Waals surface area contributed by atoms with Crippen LogP contribution in [0, 0.1) is 0 Å².